The first-order valence-corrected chi connectivity index (χ1v) is 16.7. The largest absolute Gasteiger partial charge is 0.508 e. The topological polar surface area (TPSA) is 95.9 Å². The summed E-state index contributed by atoms with van der Waals surface area (Å²) >= 11 is 0. The fourth-order valence-electron chi connectivity index (χ4n) is 8.25. The highest BCUT2D eigenvalue weighted by molar-refractivity contribution is 6.04. The summed E-state index contributed by atoms with van der Waals surface area (Å²) in [6, 6.07) is 6.11. The lowest BCUT2D eigenvalue weighted by molar-refractivity contribution is 0.139. The number of nitrogens with one attached hydrogen (secondary N) is 1. The monoisotopic (exact) mass is 638 g/mol. The number of ether oxygens (including phenoxy) is 2. The van der Waals surface area contributed by atoms with E-state index in [1.54, 1.807) is 0 Å². The number of phenols is 1. The molecule has 3 atom stereocenters. The molecule has 2 aromatic heterocycles. The lowest BCUT2D eigenvalue weighted by Crippen LogP contribution is -2.60. The lowest BCUT2D eigenvalue weighted by atomic mass is 9.95. The normalized spacial score (nSPS) is 24.4. The lowest BCUT2D eigenvalue weighted by Gasteiger charge is -2.40. The van der Waals surface area contributed by atoms with Crippen LogP contribution >= 0.6 is 0 Å². The zero-order valence-corrected chi connectivity index (χ0v) is 26.1. The number of piperazine rings is 1. The molecule has 4 aromatic rings. The molecular formula is C36H36F2N6O3. The van der Waals surface area contributed by atoms with E-state index in [1.807, 2.05) is 0 Å². The van der Waals surface area contributed by atoms with Gasteiger partial charge in [-0.3, -0.25) is 0 Å². The third kappa shape index (κ3) is 4.83. The molecule has 3 saturated heterocycles. The van der Waals surface area contributed by atoms with Crippen LogP contribution in [0.25, 0.3) is 32.9 Å². The molecule has 0 amide bonds. The molecule has 2 bridgehead atoms. The van der Waals surface area contributed by atoms with Crippen molar-refractivity contribution < 1.29 is 23.4 Å². The zero-order chi connectivity index (χ0) is 31.9. The number of phenolic OH excluding ortho intramolecular Hbond substituents is 1. The van der Waals surface area contributed by atoms with E-state index in [2.05, 4.69) is 26.0 Å². The van der Waals surface area contributed by atoms with Crippen molar-refractivity contribution in [1.82, 2.24) is 25.2 Å². The van der Waals surface area contributed by atoms with Crippen LogP contribution in [0.3, 0.4) is 0 Å². The number of nitrogens with zero attached hydrogens (tertiary/aromatic N) is 5. The number of aromatic hydroxyl groups is 1. The van der Waals surface area contributed by atoms with Gasteiger partial charge in [-0.15, -0.1) is 6.42 Å². The van der Waals surface area contributed by atoms with E-state index in [0.29, 0.717) is 42.4 Å². The molecule has 1 saturated carbocycles. The Morgan fingerprint density at radius 3 is 2.74 bits per heavy atom. The van der Waals surface area contributed by atoms with E-state index >= 15 is 4.39 Å². The number of rotatable bonds is 6. The number of hydrogen-bond donors (Lipinski definition) is 2. The maximum Gasteiger partial charge on any atom is 0.319 e. The van der Waals surface area contributed by atoms with E-state index in [9.17, 15) is 9.50 Å². The SMILES string of the molecule is C#Cc1c(F)ccc2cc(O)cc(-c3nc4c5c(nc(OCC6(CN7CCCCC7)CC6)nc5c3F)N3C[C@H]5CC[C@H](N5)[C@H]3CO4)c12. The Kier molecular flexibility index (Phi) is 6.70. The molecule has 4 fully saturated rings. The van der Waals surface area contributed by atoms with Crippen molar-refractivity contribution in [3.8, 4) is 41.2 Å². The van der Waals surface area contributed by atoms with Crippen molar-refractivity contribution >= 4 is 27.5 Å². The standard InChI is InChI=1S/C36H36F2N6O3/c1-2-23-25(37)8-6-20-14-22(45)15-24(28(20)23)31-30(38)32-29-33(44-16-21-7-9-26(39-21)27(44)17-46-34(29)40-31)42-35(41-32)47-19-36(10-11-36)18-43-12-4-3-5-13-43/h1,6,8,14-15,21,26-27,39,45H,3-5,7,9-13,16-19H2/t21-,26+,27-/m1/s1. The molecule has 6 heterocycles. The molecule has 0 unspecified atom stereocenters. The third-order valence-corrected chi connectivity index (χ3v) is 10.9. The summed E-state index contributed by atoms with van der Waals surface area (Å²) in [6.07, 6.45) is 13.7. The minimum Gasteiger partial charge on any atom is -0.508 e. The van der Waals surface area contributed by atoms with Gasteiger partial charge >= 0.3 is 6.01 Å². The van der Waals surface area contributed by atoms with Crippen LogP contribution in [-0.4, -0.2) is 82.5 Å². The van der Waals surface area contributed by atoms with Crippen LogP contribution in [0.15, 0.2) is 24.3 Å². The molecule has 242 valence electrons. The second-order valence-electron chi connectivity index (χ2n) is 14.0. The number of piperidine rings is 1. The number of hydrogen-bond acceptors (Lipinski definition) is 9. The number of anilines is 1. The number of likely N-dealkylation sites (tertiary alicyclic amines) is 1. The number of aromatic nitrogens is 3. The number of terminal acetylenes is 1. The highest BCUT2D eigenvalue weighted by atomic mass is 19.1. The van der Waals surface area contributed by atoms with Gasteiger partial charge in [-0.05, 0) is 75.2 Å². The minimum atomic E-state index is -0.744. The first-order valence-electron chi connectivity index (χ1n) is 16.7. The summed E-state index contributed by atoms with van der Waals surface area (Å²) in [5.74, 6) is 1.64. The average Bonchev–Trinajstić information content (AvgIpc) is 3.77. The van der Waals surface area contributed by atoms with Crippen LogP contribution in [-0.2, 0) is 0 Å². The van der Waals surface area contributed by atoms with Crippen LogP contribution in [0.1, 0.15) is 50.5 Å². The summed E-state index contributed by atoms with van der Waals surface area (Å²) in [7, 11) is 0. The summed E-state index contributed by atoms with van der Waals surface area (Å²) in [6.45, 7) is 4.67. The highest BCUT2D eigenvalue weighted by Crippen LogP contribution is 2.48. The Morgan fingerprint density at radius 1 is 1.09 bits per heavy atom. The Balaban J connectivity index is 1.19. The smallest absolute Gasteiger partial charge is 0.319 e. The fraction of sp³-hybridized carbons (Fsp3) is 0.472. The molecule has 9 nitrogen and oxygen atoms in total. The second-order valence-corrected chi connectivity index (χ2v) is 14.0. The van der Waals surface area contributed by atoms with Gasteiger partial charge in [0.1, 0.15) is 40.6 Å². The zero-order valence-electron chi connectivity index (χ0n) is 26.1. The number of fused-ring (bicyclic) bond motifs is 6. The van der Waals surface area contributed by atoms with Gasteiger partial charge in [0.2, 0.25) is 5.88 Å². The van der Waals surface area contributed by atoms with E-state index in [1.165, 1.54) is 43.5 Å². The maximum atomic E-state index is 17.0. The molecule has 0 spiro atoms. The van der Waals surface area contributed by atoms with Crippen molar-refractivity contribution in [3.63, 3.8) is 0 Å². The van der Waals surface area contributed by atoms with Gasteiger partial charge < -0.3 is 29.7 Å². The predicted octanol–water partition coefficient (Wildman–Crippen LogP) is 5.16. The Labute approximate surface area is 271 Å². The van der Waals surface area contributed by atoms with Gasteiger partial charge in [0, 0.05) is 41.5 Å². The minimum absolute atomic E-state index is 0.00700. The first-order chi connectivity index (χ1) is 22.9. The Morgan fingerprint density at radius 2 is 1.94 bits per heavy atom. The van der Waals surface area contributed by atoms with Crippen molar-refractivity contribution in [2.45, 2.75) is 63.1 Å². The van der Waals surface area contributed by atoms with Gasteiger partial charge in [-0.25, -0.2) is 13.8 Å². The molecule has 2 aromatic carbocycles. The van der Waals surface area contributed by atoms with Crippen molar-refractivity contribution in [2.75, 3.05) is 44.3 Å². The third-order valence-electron chi connectivity index (χ3n) is 10.9. The summed E-state index contributed by atoms with van der Waals surface area (Å²) in [5, 5.41) is 15.5. The number of halogens is 2. The molecule has 5 aliphatic rings. The Hall–Kier alpha value is -4.27. The van der Waals surface area contributed by atoms with Gasteiger partial charge in [-0.1, -0.05) is 18.4 Å². The second kappa shape index (κ2) is 10.9. The number of pyridine rings is 1. The summed E-state index contributed by atoms with van der Waals surface area (Å²) in [5.41, 5.74) is 0.0189. The molecule has 11 heteroatoms. The van der Waals surface area contributed by atoms with E-state index in [4.69, 9.17) is 25.9 Å². The van der Waals surface area contributed by atoms with Crippen LogP contribution in [0.4, 0.5) is 14.6 Å². The predicted molar refractivity (Wildman–Crippen MR) is 174 cm³/mol. The highest BCUT2D eigenvalue weighted by Gasteiger charge is 2.46. The molecular weight excluding hydrogens is 602 g/mol. The molecule has 0 radical (unpaired) electrons. The van der Waals surface area contributed by atoms with Crippen molar-refractivity contribution in [3.05, 3.63) is 41.5 Å². The molecule has 2 N–H and O–H groups in total. The van der Waals surface area contributed by atoms with Gasteiger partial charge in [0.15, 0.2) is 5.82 Å². The fourth-order valence-corrected chi connectivity index (χ4v) is 8.25. The van der Waals surface area contributed by atoms with Crippen LogP contribution < -0.4 is 19.7 Å². The first kappa shape index (κ1) is 28.9. The van der Waals surface area contributed by atoms with Gasteiger partial charge in [0.25, 0.3) is 0 Å². The molecule has 47 heavy (non-hydrogen) atoms. The average molecular weight is 639 g/mol. The van der Waals surface area contributed by atoms with Crippen LogP contribution in [0.5, 0.6) is 17.6 Å². The van der Waals surface area contributed by atoms with E-state index < -0.39 is 11.6 Å². The van der Waals surface area contributed by atoms with E-state index in [0.717, 1.165) is 45.3 Å². The van der Waals surface area contributed by atoms with E-state index in [-0.39, 0.29) is 62.9 Å². The van der Waals surface area contributed by atoms with Crippen molar-refractivity contribution in [2.24, 2.45) is 5.41 Å². The van der Waals surface area contributed by atoms with Gasteiger partial charge in [-0.2, -0.15) is 9.97 Å². The van der Waals surface area contributed by atoms with Gasteiger partial charge in [0.05, 0.1) is 18.2 Å². The molecule has 1 aliphatic carbocycles. The van der Waals surface area contributed by atoms with Crippen molar-refractivity contribution in [1.29, 1.82) is 0 Å². The quantitative estimate of drug-likeness (QED) is 0.278. The molecule has 4 aliphatic heterocycles. The van der Waals surface area contributed by atoms with Crippen LogP contribution in [0.2, 0.25) is 0 Å². The summed E-state index contributed by atoms with van der Waals surface area (Å²) in [4.78, 5) is 19.1. The molecule has 9 rings (SSSR count). The summed E-state index contributed by atoms with van der Waals surface area (Å²) < 4.78 is 44.8. The van der Waals surface area contributed by atoms with Crippen LogP contribution in [0, 0.1) is 29.4 Å². The Bertz CT molecular complexity index is 1970. The maximum absolute atomic E-state index is 17.0. The number of benzene rings is 2.